The molecule has 0 N–H and O–H groups in total. The van der Waals surface area contributed by atoms with Gasteiger partial charge in [0, 0.05) is 12.2 Å². The van der Waals surface area contributed by atoms with Gasteiger partial charge in [0.15, 0.2) is 0 Å². The second kappa shape index (κ2) is 7.01. The van der Waals surface area contributed by atoms with E-state index in [-0.39, 0.29) is 0 Å². The smallest absolute Gasteiger partial charge is 0.0828 e. The van der Waals surface area contributed by atoms with Crippen LogP contribution in [0.15, 0.2) is 10.2 Å². The second-order valence-electron chi connectivity index (χ2n) is 3.42. The van der Waals surface area contributed by atoms with Crippen molar-refractivity contribution < 1.29 is 4.74 Å². The zero-order valence-electron chi connectivity index (χ0n) is 8.90. The van der Waals surface area contributed by atoms with Gasteiger partial charge in [0.2, 0.25) is 0 Å². The lowest BCUT2D eigenvalue weighted by Gasteiger charge is -2.12. The summed E-state index contributed by atoms with van der Waals surface area (Å²) in [4.78, 5) is 0. The van der Waals surface area contributed by atoms with Crippen molar-refractivity contribution >= 4 is 23.0 Å². The average molecular weight is 214 g/mol. The highest BCUT2D eigenvalue weighted by Crippen LogP contribution is 2.07. The van der Waals surface area contributed by atoms with Crippen LogP contribution in [0.25, 0.3) is 0 Å². The second-order valence-corrected chi connectivity index (χ2v) is 4.25. The molecule has 0 aromatic carbocycles. The lowest BCUT2D eigenvalue weighted by Crippen LogP contribution is -2.13. The van der Waals surface area contributed by atoms with Gasteiger partial charge in [-0.05, 0) is 13.3 Å². The van der Waals surface area contributed by atoms with E-state index in [2.05, 4.69) is 24.1 Å². The van der Waals surface area contributed by atoms with Crippen molar-refractivity contribution in [3.63, 3.8) is 0 Å². The predicted octanol–water partition coefficient (Wildman–Crippen LogP) is 2.71. The summed E-state index contributed by atoms with van der Waals surface area (Å²) in [7, 11) is 0. The number of rotatable bonds is 6. The SMILES string of the molecule is CCCC(C)OCCC1=NN=CSC1. The molecule has 1 atom stereocenters. The fourth-order valence-corrected chi connectivity index (χ4v) is 1.87. The van der Waals surface area contributed by atoms with E-state index in [0.29, 0.717) is 6.10 Å². The Balaban J connectivity index is 2.08. The molecule has 80 valence electrons. The normalized spacial score (nSPS) is 18.0. The highest BCUT2D eigenvalue weighted by molar-refractivity contribution is 8.12. The fourth-order valence-electron chi connectivity index (χ4n) is 1.29. The minimum absolute atomic E-state index is 0.375. The van der Waals surface area contributed by atoms with E-state index in [9.17, 15) is 0 Å². The molecule has 0 radical (unpaired) electrons. The van der Waals surface area contributed by atoms with Crippen molar-refractivity contribution in [3.8, 4) is 0 Å². The summed E-state index contributed by atoms with van der Waals surface area (Å²) in [6.45, 7) is 5.07. The van der Waals surface area contributed by atoms with E-state index in [1.807, 2.05) is 0 Å². The highest BCUT2D eigenvalue weighted by atomic mass is 32.2. The molecule has 0 fully saturated rings. The molecule has 0 aromatic rings. The lowest BCUT2D eigenvalue weighted by atomic mass is 10.2. The van der Waals surface area contributed by atoms with Gasteiger partial charge in [-0.3, -0.25) is 0 Å². The third-order valence-electron chi connectivity index (χ3n) is 2.06. The van der Waals surface area contributed by atoms with E-state index in [1.54, 1.807) is 17.3 Å². The molecule has 1 heterocycles. The van der Waals surface area contributed by atoms with Gasteiger partial charge in [-0.15, -0.1) is 11.8 Å². The maximum absolute atomic E-state index is 5.64. The summed E-state index contributed by atoms with van der Waals surface area (Å²) in [6.07, 6.45) is 3.61. The molecule has 3 nitrogen and oxygen atoms in total. The number of ether oxygens (including phenoxy) is 1. The van der Waals surface area contributed by atoms with Gasteiger partial charge in [-0.2, -0.15) is 10.2 Å². The molecular weight excluding hydrogens is 196 g/mol. The summed E-state index contributed by atoms with van der Waals surface area (Å²) in [5, 5.41) is 7.92. The Morgan fingerprint density at radius 1 is 1.64 bits per heavy atom. The fraction of sp³-hybridized carbons (Fsp3) is 0.800. The van der Waals surface area contributed by atoms with Crippen molar-refractivity contribution in [2.75, 3.05) is 12.4 Å². The Kier molecular flexibility index (Phi) is 5.87. The molecule has 1 aliphatic rings. The van der Waals surface area contributed by atoms with Crippen LogP contribution in [0, 0.1) is 0 Å². The molecule has 0 bridgehead atoms. The first-order valence-electron chi connectivity index (χ1n) is 5.13. The van der Waals surface area contributed by atoms with Gasteiger partial charge in [0.25, 0.3) is 0 Å². The van der Waals surface area contributed by atoms with Crippen LogP contribution in [-0.4, -0.2) is 29.7 Å². The monoisotopic (exact) mass is 214 g/mol. The molecule has 0 saturated carbocycles. The van der Waals surface area contributed by atoms with Crippen LogP contribution in [0.3, 0.4) is 0 Å². The third kappa shape index (κ3) is 4.77. The first-order chi connectivity index (χ1) is 6.83. The number of nitrogens with zero attached hydrogens (tertiary/aromatic N) is 2. The Morgan fingerprint density at radius 2 is 2.50 bits per heavy atom. The molecule has 0 aliphatic carbocycles. The molecule has 1 unspecified atom stereocenters. The van der Waals surface area contributed by atoms with Crippen molar-refractivity contribution in [1.82, 2.24) is 0 Å². The minimum Gasteiger partial charge on any atom is -0.378 e. The number of hydrogen-bond donors (Lipinski definition) is 0. The zero-order valence-corrected chi connectivity index (χ0v) is 9.72. The topological polar surface area (TPSA) is 34.0 Å². The molecular formula is C10H18N2OS. The maximum atomic E-state index is 5.64. The Morgan fingerprint density at radius 3 is 3.14 bits per heavy atom. The quantitative estimate of drug-likeness (QED) is 0.681. The largest absolute Gasteiger partial charge is 0.378 e. The van der Waals surface area contributed by atoms with Crippen LogP contribution in [-0.2, 0) is 4.74 Å². The van der Waals surface area contributed by atoms with Crippen molar-refractivity contribution in [1.29, 1.82) is 0 Å². The Hall–Kier alpha value is -0.350. The van der Waals surface area contributed by atoms with E-state index in [0.717, 1.165) is 30.9 Å². The van der Waals surface area contributed by atoms with Crippen molar-refractivity contribution in [3.05, 3.63) is 0 Å². The van der Waals surface area contributed by atoms with E-state index in [1.165, 1.54) is 6.42 Å². The summed E-state index contributed by atoms with van der Waals surface area (Å²) in [5.74, 6) is 0.967. The summed E-state index contributed by atoms with van der Waals surface area (Å²) < 4.78 is 5.64. The zero-order chi connectivity index (χ0) is 10.2. The molecule has 1 aliphatic heterocycles. The molecule has 14 heavy (non-hydrogen) atoms. The van der Waals surface area contributed by atoms with Gasteiger partial charge >= 0.3 is 0 Å². The van der Waals surface area contributed by atoms with Crippen LogP contribution < -0.4 is 0 Å². The summed E-state index contributed by atoms with van der Waals surface area (Å²) >= 11 is 1.69. The maximum Gasteiger partial charge on any atom is 0.0828 e. The molecule has 0 spiro atoms. The third-order valence-corrected chi connectivity index (χ3v) is 2.80. The first-order valence-corrected chi connectivity index (χ1v) is 6.18. The lowest BCUT2D eigenvalue weighted by molar-refractivity contribution is 0.0649. The summed E-state index contributed by atoms with van der Waals surface area (Å²) in [5.41, 5.74) is 2.92. The van der Waals surface area contributed by atoms with Crippen molar-refractivity contribution in [2.24, 2.45) is 10.2 Å². The molecule has 0 saturated heterocycles. The van der Waals surface area contributed by atoms with E-state index in [4.69, 9.17) is 4.74 Å². The van der Waals surface area contributed by atoms with Crippen molar-refractivity contribution in [2.45, 2.75) is 39.2 Å². The van der Waals surface area contributed by atoms with Crippen LogP contribution in [0.2, 0.25) is 0 Å². The highest BCUT2D eigenvalue weighted by Gasteiger charge is 2.05. The van der Waals surface area contributed by atoms with Crippen LogP contribution >= 0.6 is 11.8 Å². The molecule has 1 rings (SSSR count). The van der Waals surface area contributed by atoms with Gasteiger partial charge in [-0.1, -0.05) is 13.3 Å². The van der Waals surface area contributed by atoms with E-state index >= 15 is 0 Å². The van der Waals surface area contributed by atoms with Gasteiger partial charge in [0.1, 0.15) is 0 Å². The van der Waals surface area contributed by atoms with Gasteiger partial charge < -0.3 is 4.74 Å². The molecule has 4 heteroatoms. The van der Waals surface area contributed by atoms with Crippen LogP contribution in [0.4, 0.5) is 0 Å². The average Bonchev–Trinajstić information content (AvgIpc) is 2.20. The van der Waals surface area contributed by atoms with Crippen LogP contribution in [0.1, 0.15) is 33.1 Å². The Labute approximate surface area is 90.0 Å². The number of thioether (sulfide) groups is 1. The number of hydrogen-bond acceptors (Lipinski definition) is 4. The molecule has 0 amide bonds. The predicted molar refractivity (Wildman–Crippen MR) is 63.3 cm³/mol. The molecule has 0 aromatic heterocycles. The van der Waals surface area contributed by atoms with E-state index < -0.39 is 0 Å². The summed E-state index contributed by atoms with van der Waals surface area (Å²) in [6, 6.07) is 0. The van der Waals surface area contributed by atoms with Crippen LogP contribution in [0.5, 0.6) is 0 Å². The van der Waals surface area contributed by atoms with Gasteiger partial charge in [0.05, 0.1) is 24.0 Å². The minimum atomic E-state index is 0.375. The first kappa shape index (κ1) is 11.7. The Bertz CT molecular complexity index is 216. The van der Waals surface area contributed by atoms with Gasteiger partial charge in [-0.25, -0.2) is 0 Å². The standard InChI is InChI=1S/C10H18N2OS/c1-3-4-9(2)13-6-5-10-7-14-8-11-12-10/h8-9H,3-7H2,1-2H3.